The van der Waals surface area contributed by atoms with Gasteiger partial charge in [-0.1, -0.05) is 23.9 Å². The van der Waals surface area contributed by atoms with Crippen LogP contribution in [0.25, 0.3) is 0 Å². The normalized spacial score (nSPS) is 18.8. The fourth-order valence-electron chi connectivity index (χ4n) is 0.913. The third-order valence-corrected chi connectivity index (χ3v) is 3.10. The van der Waals surface area contributed by atoms with Crippen LogP contribution in [0.4, 0.5) is 0 Å². The Morgan fingerprint density at radius 1 is 1.00 bits per heavy atom. The van der Waals surface area contributed by atoms with Gasteiger partial charge < -0.3 is 0 Å². The second-order valence-electron chi connectivity index (χ2n) is 2.23. The first-order valence-corrected chi connectivity index (χ1v) is 5.74. The Hall–Kier alpha value is -0.360. The first-order valence-electron chi connectivity index (χ1n) is 3.38. The summed E-state index contributed by atoms with van der Waals surface area (Å²) in [6, 6.07) is 0. The molecule has 0 atom stereocenters. The molecule has 2 amide bonds. The van der Waals surface area contributed by atoms with E-state index in [0.29, 0.717) is 0 Å². The largest absolute Gasteiger partial charge is 0.276 e. The molecule has 1 fully saturated rings. The molecule has 0 spiro atoms. The summed E-state index contributed by atoms with van der Waals surface area (Å²) in [4.78, 5) is 22.5. The van der Waals surface area contributed by atoms with Crippen molar-refractivity contribution >= 4 is 35.7 Å². The molecule has 0 aromatic carbocycles. The van der Waals surface area contributed by atoms with E-state index in [-0.39, 0.29) is 24.9 Å². The predicted molar refractivity (Wildman–Crippen MR) is 50.5 cm³/mol. The molecule has 4 nitrogen and oxygen atoms in total. The van der Waals surface area contributed by atoms with Crippen LogP contribution in [0, 0.1) is 0 Å². The highest BCUT2D eigenvalue weighted by Crippen LogP contribution is 2.16. The molecule has 0 aromatic rings. The molecular weight excluding hydrogens is 196 g/mol. The van der Waals surface area contributed by atoms with Gasteiger partial charge in [0.25, 0.3) is 11.8 Å². The maximum atomic E-state index is 11.2. The zero-order valence-corrected chi connectivity index (χ0v) is 8.57. The summed E-state index contributed by atoms with van der Waals surface area (Å²) in [6.45, 7) is 0.391. The summed E-state index contributed by atoms with van der Waals surface area (Å²) in [5, 5.41) is 0. The highest BCUT2D eigenvalue weighted by molar-refractivity contribution is 7.97. The lowest BCUT2D eigenvalue weighted by molar-refractivity contribution is -0.140. The lowest BCUT2D eigenvalue weighted by Gasteiger charge is -2.30. The van der Waals surface area contributed by atoms with Crippen LogP contribution < -0.4 is 0 Å². The number of amides is 2. The van der Waals surface area contributed by atoms with Gasteiger partial charge in [0, 0.05) is 12.5 Å². The first-order chi connectivity index (χ1) is 5.69. The van der Waals surface area contributed by atoms with Crippen molar-refractivity contribution in [2.24, 2.45) is 0 Å². The minimum atomic E-state index is -0.00329. The van der Waals surface area contributed by atoms with Gasteiger partial charge in [-0.3, -0.25) is 18.2 Å². The Morgan fingerprint density at radius 3 is 1.58 bits per heavy atom. The molecule has 1 aliphatic rings. The summed E-state index contributed by atoms with van der Waals surface area (Å²) >= 11 is 2.59. The van der Waals surface area contributed by atoms with Crippen molar-refractivity contribution in [3.8, 4) is 0 Å². The van der Waals surface area contributed by atoms with E-state index in [4.69, 9.17) is 0 Å². The number of nitrogens with zero attached hydrogens (tertiary/aromatic N) is 2. The number of hydrogen-bond acceptors (Lipinski definition) is 4. The maximum absolute atomic E-state index is 11.2. The smallest absolute Gasteiger partial charge is 0.253 e. The monoisotopic (exact) mass is 206 g/mol. The highest BCUT2D eigenvalue weighted by Gasteiger charge is 2.28. The van der Waals surface area contributed by atoms with Gasteiger partial charge in [-0.2, -0.15) is 0 Å². The molecular formula is C6H10N2O2S2. The van der Waals surface area contributed by atoms with E-state index in [9.17, 15) is 9.59 Å². The Labute approximate surface area is 79.9 Å². The van der Waals surface area contributed by atoms with E-state index in [1.165, 1.54) is 32.5 Å². The molecule has 1 rings (SSSR count). The van der Waals surface area contributed by atoms with E-state index >= 15 is 0 Å². The van der Waals surface area contributed by atoms with Crippen LogP contribution >= 0.6 is 23.9 Å². The molecule has 1 heterocycles. The third-order valence-electron chi connectivity index (χ3n) is 1.55. The average Bonchev–Trinajstić information content (AvgIpc) is 2.08. The standard InChI is InChI=1S/C6H10N2O2S2/c1-11-7-3-6(10)8(12-2)4-5(7)9/h3-4H2,1-2H3. The second kappa shape index (κ2) is 4.04. The molecule has 0 N–H and O–H groups in total. The fraction of sp³-hybridized carbons (Fsp3) is 0.667. The van der Waals surface area contributed by atoms with Crippen LogP contribution in [0.15, 0.2) is 0 Å². The minimum Gasteiger partial charge on any atom is -0.276 e. The molecule has 0 radical (unpaired) electrons. The van der Waals surface area contributed by atoms with E-state index in [0.717, 1.165) is 0 Å². The summed E-state index contributed by atoms with van der Waals surface area (Å²) in [7, 11) is 0. The number of hydrogen-bond donors (Lipinski definition) is 0. The lowest BCUT2D eigenvalue weighted by atomic mass is 10.4. The quantitative estimate of drug-likeness (QED) is 0.606. The Balaban J connectivity index is 2.61. The maximum Gasteiger partial charge on any atom is 0.253 e. The third kappa shape index (κ3) is 1.87. The lowest BCUT2D eigenvalue weighted by Crippen LogP contribution is -2.47. The highest BCUT2D eigenvalue weighted by atomic mass is 32.2. The number of rotatable bonds is 2. The van der Waals surface area contributed by atoms with Crippen molar-refractivity contribution in [2.45, 2.75) is 0 Å². The van der Waals surface area contributed by atoms with Gasteiger partial charge in [0.05, 0.1) is 0 Å². The molecule has 1 aliphatic heterocycles. The summed E-state index contributed by atoms with van der Waals surface area (Å²) in [6.07, 6.45) is 3.58. The Morgan fingerprint density at radius 2 is 1.33 bits per heavy atom. The predicted octanol–water partition coefficient (Wildman–Crippen LogP) is 0.213. The van der Waals surface area contributed by atoms with Crippen LogP contribution in [-0.4, -0.2) is 46.0 Å². The Kier molecular flexibility index (Phi) is 3.28. The molecule has 1 saturated heterocycles. The van der Waals surface area contributed by atoms with Crippen LogP contribution in [0.5, 0.6) is 0 Å². The molecule has 12 heavy (non-hydrogen) atoms. The second-order valence-corrected chi connectivity index (χ2v) is 3.84. The van der Waals surface area contributed by atoms with Gasteiger partial charge in [0.15, 0.2) is 0 Å². The van der Waals surface area contributed by atoms with Crippen molar-refractivity contribution in [3.05, 3.63) is 0 Å². The molecule has 6 heteroatoms. The van der Waals surface area contributed by atoms with Gasteiger partial charge in [-0.15, -0.1) is 0 Å². The van der Waals surface area contributed by atoms with E-state index in [1.54, 1.807) is 12.5 Å². The zero-order chi connectivity index (χ0) is 9.14. The van der Waals surface area contributed by atoms with Crippen LogP contribution in [0.1, 0.15) is 0 Å². The van der Waals surface area contributed by atoms with Crippen molar-refractivity contribution in [2.75, 3.05) is 25.6 Å². The molecule has 0 aliphatic carbocycles. The molecule has 0 aromatic heterocycles. The molecule has 0 unspecified atom stereocenters. The van der Waals surface area contributed by atoms with Crippen LogP contribution in [0.2, 0.25) is 0 Å². The fourth-order valence-corrected chi connectivity index (χ4v) is 1.91. The van der Waals surface area contributed by atoms with Crippen molar-refractivity contribution < 1.29 is 9.59 Å². The molecule has 0 saturated carbocycles. The van der Waals surface area contributed by atoms with Gasteiger partial charge >= 0.3 is 0 Å². The minimum absolute atomic E-state index is 0.00329. The topological polar surface area (TPSA) is 40.6 Å². The number of carbonyl (C=O) groups is 2. The number of piperazine rings is 1. The van der Waals surface area contributed by atoms with Gasteiger partial charge in [-0.25, -0.2) is 0 Å². The average molecular weight is 206 g/mol. The molecule has 0 bridgehead atoms. The van der Waals surface area contributed by atoms with E-state index in [2.05, 4.69) is 0 Å². The van der Waals surface area contributed by atoms with E-state index < -0.39 is 0 Å². The van der Waals surface area contributed by atoms with Crippen molar-refractivity contribution in [1.82, 2.24) is 8.61 Å². The van der Waals surface area contributed by atoms with E-state index in [1.807, 2.05) is 0 Å². The SMILES string of the molecule is CSN1CC(=O)N(SC)CC1=O. The van der Waals surface area contributed by atoms with Crippen LogP contribution in [0.3, 0.4) is 0 Å². The summed E-state index contributed by atoms with van der Waals surface area (Å²) in [5.41, 5.74) is 0. The van der Waals surface area contributed by atoms with Crippen molar-refractivity contribution in [3.63, 3.8) is 0 Å². The first kappa shape index (κ1) is 9.73. The van der Waals surface area contributed by atoms with Crippen LogP contribution in [-0.2, 0) is 9.59 Å². The summed E-state index contributed by atoms with van der Waals surface area (Å²) < 4.78 is 2.96. The van der Waals surface area contributed by atoms with Gasteiger partial charge in [-0.05, 0) is 0 Å². The molecule has 68 valence electrons. The zero-order valence-electron chi connectivity index (χ0n) is 6.94. The van der Waals surface area contributed by atoms with Crippen molar-refractivity contribution in [1.29, 1.82) is 0 Å². The summed E-state index contributed by atoms with van der Waals surface area (Å²) in [5.74, 6) is -0.00657. The van der Waals surface area contributed by atoms with Gasteiger partial charge in [0.2, 0.25) is 0 Å². The van der Waals surface area contributed by atoms with Gasteiger partial charge in [0.1, 0.15) is 13.1 Å². The Bertz CT molecular complexity index is 188. The number of carbonyl (C=O) groups excluding carboxylic acids is 2.